The molecule has 36 heavy (non-hydrogen) atoms. The van der Waals surface area contributed by atoms with Crippen molar-refractivity contribution < 1.29 is 9.59 Å². The van der Waals surface area contributed by atoms with E-state index in [1.165, 1.54) is 5.69 Å². The van der Waals surface area contributed by atoms with Gasteiger partial charge in [0.15, 0.2) is 0 Å². The number of likely N-dealkylation sites (tertiary alicyclic amines) is 1. The summed E-state index contributed by atoms with van der Waals surface area (Å²) in [5, 5.41) is 4.05. The van der Waals surface area contributed by atoms with Crippen LogP contribution in [0.4, 0.5) is 5.69 Å². The van der Waals surface area contributed by atoms with E-state index in [4.69, 9.17) is 0 Å². The lowest BCUT2D eigenvalue weighted by atomic mass is 9.90. The van der Waals surface area contributed by atoms with Gasteiger partial charge >= 0.3 is 0 Å². The second kappa shape index (κ2) is 9.24. The molecule has 1 unspecified atom stereocenters. The Hall–Kier alpha value is -3.39. The minimum absolute atomic E-state index is 0.0686. The number of rotatable bonds is 5. The SMILES string of the molecule is CN1CCN(c2ccc(C(=O)N3CCC4(CC3)CC4CNC(=O)c3cc4cnccc4[nH]3)cc2)CC1. The molecule has 1 saturated carbocycles. The molecule has 1 spiro atoms. The number of aromatic amines is 1. The molecule has 0 bridgehead atoms. The highest BCUT2D eigenvalue weighted by atomic mass is 16.2. The number of carbonyl (C=O) groups excluding carboxylic acids is 2. The van der Waals surface area contributed by atoms with Crippen molar-refractivity contribution in [3.05, 3.63) is 60.0 Å². The number of amides is 2. The number of pyridine rings is 1. The van der Waals surface area contributed by atoms with E-state index in [1.54, 1.807) is 12.4 Å². The molecule has 188 valence electrons. The minimum Gasteiger partial charge on any atom is -0.369 e. The summed E-state index contributed by atoms with van der Waals surface area (Å²) in [6.07, 6.45) is 6.63. The van der Waals surface area contributed by atoms with Crippen molar-refractivity contribution in [1.29, 1.82) is 0 Å². The predicted molar refractivity (Wildman–Crippen MR) is 140 cm³/mol. The number of hydrogen-bond acceptors (Lipinski definition) is 5. The maximum absolute atomic E-state index is 13.1. The lowest BCUT2D eigenvalue weighted by Gasteiger charge is -2.34. The first-order valence-electron chi connectivity index (χ1n) is 13.0. The van der Waals surface area contributed by atoms with Crippen molar-refractivity contribution in [2.75, 3.05) is 57.8 Å². The van der Waals surface area contributed by atoms with E-state index in [9.17, 15) is 9.59 Å². The largest absolute Gasteiger partial charge is 0.369 e. The number of nitrogens with zero attached hydrogens (tertiary/aromatic N) is 4. The summed E-state index contributed by atoms with van der Waals surface area (Å²) in [7, 11) is 2.16. The summed E-state index contributed by atoms with van der Waals surface area (Å²) in [6, 6.07) is 11.9. The molecule has 0 radical (unpaired) electrons. The van der Waals surface area contributed by atoms with Gasteiger partial charge < -0.3 is 25.0 Å². The number of benzene rings is 1. The first-order chi connectivity index (χ1) is 17.5. The highest BCUT2D eigenvalue weighted by Crippen LogP contribution is 2.59. The molecule has 2 N–H and O–H groups in total. The van der Waals surface area contributed by atoms with E-state index in [0.29, 0.717) is 18.2 Å². The van der Waals surface area contributed by atoms with Crippen LogP contribution < -0.4 is 10.2 Å². The van der Waals surface area contributed by atoms with Crippen LogP contribution in [0.15, 0.2) is 48.8 Å². The topological polar surface area (TPSA) is 84.6 Å². The Kier molecular flexibility index (Phi) is 5.91. The fraction of sp³-hybridized carbons (Fsp3) is 0.464. The molecule has 2 aliphatic heterocycles. The number of likely N-dealkylation sites (N-methyl/N-ethyl adjacent to an activating group) is 1. The average molecular weight is 487 g/mol. The highest BCUT2D eigenvalue weighted by Gasteiger charge is 2.54. The molecule has 1 aromatic carbocycles. The monoisotopic (exact) mass is 486 g/mol. The highest BCUT2D eigenvalue weighted by molar-refractivity contribution is 5.97. The first-order valence-corrected chi connectivity index (χ1v) is 13.0. The van der Waals surface area contributed by atoms with Crippen molar-refractivity contribution in [3.8, 4) is 0 Å². The fourth-order valence-corrected chi connectivity index (χ4v) is 5.96. The number of aromatic nitrogens is 2. The van der Waals surface area contributed by atoms with Gasteiger partial charge in [-0.2, -0.15) is 0 Å². The zero-order chi connectivity index (χ0) is 24.7. The number of fused-ring (bicyclic) bond motifs is 1. The third-order valence-electron chi connectivity index (χ3n) is 8.56. The Morgan fingerprint density at radius 2 is 1.81 bits per heavy atom. The number of piperazine rings is 1. The summed E-state index contributed by atoms with van der Waals surface area (Å²) < 4.78 is 0. The van der Waals surface area contributed by atoms with Crippen LogP contribution in [0.25, 0.3) is 10.9 Å². The summed E-state index contributed by atoms with van der Waals surface area (Å²) >= 11 is 0. The maximum atomic E-state index is 13.1. The molecule has 3 aromatic rings. The molecule has 2 aromatic heterocycles. The molecule has 3 aliphatic rings. The number of carbonyl (C=O) groups is 2. The van der Waals surface area contributed by atoms with Crippen molar-refractivity contribution in [2.45, 2.75) is 19.3 Å². The molecule has 2 amide bonds. The summed E-state index contributed by atoms with van der Waals surface area (Å²) in [5.74, 6) is 0.557. The zero-order valence-electron chi connectivity index (χ0n) is 20.9. The molecular weight excluding hydrogens is 452 g/mol. The van der Waals surface area contributed by atoms with Gasteiger partial charge in [0, 0.05) is 80.4 Å². The van der Waals surface area contributed by atoms with Gasteiger partial charge in [0.2, 0.25) is 0 Å². The Balaban J connectivity index is 0.985. The Morgan fingerprint density at radius 3 is 2.53 bits per heavy atom. The standard InChI is InChI=1S/C28H34N6O2/c1-32-12-14-33(15-13-32)23-4-2-20(3-5-23)27(36)34-10-7-28(8-11-34)17-22(28)19-30-26(35)25-16-21-18-29-9-6-24(21)31-25/h2-6,9,16,18,22,31H,7-8,10-15,17,19H2,1H3,(H,30,35). The van der Waals surface area contributed by atoms with E-state index in [-0.39, 0.29) is 17.2 Å². The summed E-state index contributed by atoms with van der Waals surface area (Å²) in [4.78, 5) is 39.8. The maximum Gasteiger partial charge on any atom is 0.267 e. The predicted octanol–water partition coefficient (Wildman–Crippen LogP) is 2.99. The third kappa shape index (κ3) is 4.46. The minimum atomic E-state index is -0.0686. The average Bonchev–Trinajstić information content (AvgIpc) is 3.38. The summed E-state index contributed by atoms with van der Waals surface area (Å²) in [6.45, 7) is 6.46. The number of nitrogens with one attached hydrogen (secondary N) is 2. The lowest BCUT2D eigenvalue weighted by molar-refractivity contribution is 0.0669. The fourth-order valence-electron chi connectivity index (χ4n) is 5.96. The van der Waals surface area contributed by atoms with Crippen LogP contribution in [-0.4, -0.2) is 84.4 Å². The Labute approximate surface area is 211 Å². The van der Waals surface area contributed by atoms with E-state index in [0.717, 1.165) is 75.0 Å². The zero-order valence-corrected chi connectivity index (χ0v) is 20.9. The molecule has 3 fully saturated rings. The third-order valence-corrected chi connectivity index (χ3v) is 8.56. The van der Waals surface area contributed by atoms with Gasteiger partial charge in [-0.05, 0) is 74.0 Å². The van der Waals surface area contributed by atoms with Gasteiger partial charge in [-0.15, -0.1) is 0 Å². The van der Waals surface area contributed by atoms with Crippen LogP contribution in [0.2, 0.25) is 0 Å². The van der Waals surface area contributed by atoms with Gasteiger partial charge in [-0.25, -0.2) is 0 Å². The normalized spacial score (nSPS) is 21.6. The summed E-state index contributed by atoms with van der Waals surface area (Å²) in [5.41, 5.74) is 3.75. The molecule has 1 aliphatic carbocycles. The second-order valence-electron chi connectivity index (χ2n) is 10.7. The quantitative estimate of drug-likeness (QED) is 0.579. The second-order valence-corrected chi connectivity index (χ2v) is 10.7. The van der Waals surface area contributed by atoms with Gasteiger partial charge in [0.05, 0.1) is 0 Å². The van der Waals surface area contributed by atoms with Crippen LogP contribution in [0, 0.1) is 11.3 Å². The number of hydrogen-bond donors (Lipinski definition) is 2. The van der Waals surface area contributed by atoms with Crippen molar-refractivity contribution >= 4 is 28.4 Å². The van der Waals surface area contributed by atoms with Crippen molar-refractivity contribution in [3.63, 3.8) is 0 Å². The lowest BCUT2D eigenvalue weighted by Crippen LogP contribution is -2.44. The van der Waals surface area contributed by atoms with Gasteiger partial charge in [0.1, 0.15) is 5.69 Å². The Morgan fingerprint density at radius 1 is 1.06 bits per heavy atom. The van der Waals surface area contributed by atoms with Crippen LogP contribution in [0.1, 0.15) is 40.1 Å². The van der Waals surface area contributed by atoms with Gasteiger partial charge in [-0.3, -0.25) is 14.6 Å². The van der Waals surface area contributed by atoms with E-state index in [2.05, 4.69) is 44.3 Å². The van der Waals surface area contributed by atoms with Crippen LogP contribution in [-0.2, 0) is 0 Å². The molecular formula is C28H34N6O2. The van der Waals surface area contributed by atoms with Crippen LogP contribution in [0.3, 0.4) is 0 Å². The van der Waals surface area contributed by atoms with E-state index < -0.39 is 0 Å². The van der Waals surface area contributed by atoms with Crippen LogP contribution >= 0.6 is 0 Å². The van der Waals surface area contributed by atoms with Crippen molar-refractivity contribution in [1.82, 2.24) is 25.1 Å². The van der Waals surface area contributed by atoms with Gasteiger partial charge in [-0.1, -0.05) is 0 Å². The number of anilines is 1. The number of H-pyrrole nitrogens is 1. The molecule has 6 rings (SSSR count). The van der Waals surface area contributed by atoms with E-state index >= 15 is 0 Å². The molecule has 8 nitrogen and oxygen atoms in total. The molecule has 1 atom stereocenters. The van der Waals surface area contributed by atoms with Crippen LogP contribution in [0.5, 0.6) is 0 Å². The van der Waals surface area contributed by atoms with Crippen molar-refractivity contribution in [2.24, 2.45) is 11.3 Å². The number of piperidine rings is 1. The Bertz CT molecular complexity index is 1220. The van der Waals surface area contributed by atoms with E-state index in [1.807, 2.05) is 29.2 Å². The van der Waals surface area contributed by atoms with Gasteiger partial charge in [0.25, 0.3) is 11.8 Å². The molecule has 2 saturated heterocycles. The smallest absolute Gasteiger partial charge is 0.267 e. The molecule has 8 heteroatoms. The molecule has 4 heterocycles. The first kappa shape index (κ1) is 23.0.